The molecule has 4 nitrogen and oxygen atoms in total. The third kappa shape index (κ3) is 2.27. The van der Waals surface area contributed by atoms with Crippen LogP contribution in [0.25, 0.3) is 0 Å². The van der Waals surface area contributed by atoms with Crippen LogP contribution in [0.15, 0.2) is 24.2 Å². The summed E-state index contributed by atoms with van der Waals surface area (Å²) in [6.45, 7) is 5.23. The highest BCUT2D eigenvalue weighted by molar-refractivity contribution is 5.88. The summed E-state index contributed by atoms with van der Waals surface area (Å²) in [5.74, 6) is 0.0782. The number of hydrogen-bond donors (Lipinski definition) is 0. The van der Waals surface area contributed by atoms with Gasteiger partial charge in [0.05, 0.1) is 5.69 Å². The van der Waals surface area contributed by atoms with E-state index in [1.165, 1.54) is 0 Å². The average Bonchev–Trinajstić information content (AvgIpc) is 2.27. The van der Waals surface area contributed by atoms with Crippen LogP contribution in [-0.4, -0.2) is 27.3 Å². The molecular weight excluding hydrogens is 202 g/mol. The fourth-order valence-corrected chi connectivity index (χ4v) is 1.79. The number of carbonyl (C=O) groups is 1. The first-order chi connectivity index (χ1) is 7.66. The van der Waals surface area contributed by atoms with E-state index in [-0.39, 0.29) is 5.91 Å². The van der Waals surface area contributed by atoms with Gasteiger partial charge < -0.3 is 4.90 Å². The van der Waals surface area contributed by atoms with E-state index < -0.39 is 0 Å². The molecule has 0 saturated heterocycles. The summed E-state index contributed by atoms with van der Waals surface area (Å²) in [6, 6.07) is 0. The maximum atomic E-state index is 11.8. The van der Waals surface area contributed by atoms with Gasteiger partial charge in [-0.25, -0.2) is 9.97 Å². The van der Waals surface area contributed by atoms with Gasteiger partial charge in [-0.3, -0.25) is 4.79 Å². The molecule has 0 bridgehead atoms. The van der Waals surface area contributed by atoms with E-state index in [2.05, 4.69) is 9.97 Å². The summed E-state index contributed by atoms with van der Waals surface area (Å²) in [6.07, 6.45) is 5.85. The van der Waals surface area contributed by atoms with Gasteiger partial charge in [0, 0.05) is 37.3 Å². The quantitative estimate of drug-likeness (QED) is 0.667. The lowest BCUT2D eigenvalue weighted by molar-refractivity contribution is -0.126. The summed E-state index contributed by atoms with van der Waals surface area (Å²) < 4.78 is 0. The Kier molecular flexibility index (Phi) is 2.99. The normalized spacial score (nSPS) is 14.2. The topological polar surface area (TPSA) is 46.1 Å². The number of carbonyl (C=O) groups excluding carboxylic acids is 1. The fourth-order valence-electron chi connectivity index (χ4n) is 1.79. The molecule has 4 heteroatoms. The smallest absolute Gasteiger partial charge is 0.246 e. The van der Waals surface area contributed by atoms with Gasteiger partial charge in [0.2, 0.25) is 5.91 Å². The number of fused-ring (bicyclic) bond motifs is 1. The van der Waals surface area contributed by atoms with Gasteiger partial charge in [-0.05, 0) is 13.8 Å². The van der Waals surface area contributed by atoms with Gasteiger partial charge in [-0.15, -0.1) is 0 Å². The van der Waals surface area contributed by atoms with Gasteiger partial charge in [-0.1, -0.05) is 5.57 Å². The van der Waals surface area contributed by atoms with Crippen LogP contribution in [0, 0.1) is 0 Å². The average molecular weight is 217 g/mol. The van der Waals surface area contributed by atoms with E-state index in [1.54, 1.807) is 18.6 Å². The highest BCUT2D eigenvalue weighted by Crippen LogP contribution is 2.15. The molecule has 1 amide bonds. The molecular formula is C12H15N3O. The third-order valence-corrected chi connectivity index (χ3v) is 2.58. The van der Waals surface area contributed by atoms with Gasteiger partial charge in [-0.2, -0.15) is 0 Å². The SMILES string of the molecule is CC(C)=CC(=O)N1CCc2ncncc2C1. The van der Waals surface area contributed by atoms with Gasteiger partial charge in [0.1, 0.15) is 6.33 Å². The standard InChI is InChI=1S/C12H15N3O/c1-9(2)5-12(16)15-4-3-11-10(7-15)6-13-8-14-11/h5-6,8H,3-4,7H2,1-2H3. The molecule has 0 N–H and O–H groups in total. The molecule has 0 fully saturated rings. The Hall–Kier alpha value is -1.71. The highest BCUT2D eigenvalue weighted by Gasteiger charge is 2.19. The molecule has 0 saturated carbocycles. The molecule has 1 aromatic heterocycles. The summed E-state index contributed by atoms with van der Waals surface area (Å²) in [5.41, 5.74) is 3.15. The number of aromatic nitrogens is 2. The van der Waals surface area contributed by atoms with Crippen LogP contribution in [0.3, 0.4) is 0 Å². The van der Waals surface area contributed by atoms with Crippen molar-refractivity contribution in [3.63, 3.8) is 0 Å². The Morgan fingerprint density at radius 2 is 2.31 bits per heavy atom. The second kappa shape index (κ2) is 4.43. The molecule has 1 aliphatic heterocycles. The molecule has 16 heavy (non-hydrogen) atoms. The maximum Gasteiger partial charge on any atom is 0.246 e. The van der Waals surface area contributed by atoms with Crippen molar-refractivity contribution in [1.29, 1.82) is 0 Å². The van der Waals surface area contributed by atoms with Crippen molar-refractivity contribution in [2.24, 2.45) is 0 Å². The van der Waals surface area contributed by atoms with Crippen molar-refractivity contribution < 1.29 is 4.79 Å². The number of allylic oxidation sites excluding steroid dienone is 1. The molecule has 2 heterocycles. The van der Waals surface area contributed by atoms with Gasteiger partial charge >= 0.3 is 0 Å². The molecule has 0 radical (unpaired) electrons. The predicted molar refractivity (Wildman–Crippen MR) is 60.6 cm³/mol. The third-order valence-electron chi connectivity index (χ3n) is 2.58. The minimum absolute atomic E-state index is 0.0782. The Bertz CT molecular complexity index is 436. The van der Waals surface area contributed by atoms with E-state index in [4.69, 9.17) is 0 Å². The van der Waals surface area contributed by atoms with Gasteiger partial charge in [0.15, 0.2) is 0 Å². The summed E-state index contributed by atoms with van der Waals surface area (Å²) in [4.78, 5) is 21.9. The van der Waals surface area contributed by atoms with Crippen molar-refractivity contribution in [3.8, 4) is 0 Å². The summed E-state index contributed by atoms with van der Waals surface area (Å²) in [5, 5.41) is 0. The zero-order valence-electron chi connectivity index (χ0n) is 9.60. The Balaban J connectivity index is 2.14. The lowest BCUT2D eigenvalue weighted by Gasteiger charge is -2.26. The maximum absolute atomic E-state index is 11.8. The molecule has 0 aromatic carbocycles. The first-order valence-corrected chi connectivity index (χ1v) is 5.38. The van der Waals surface area contributed by atoms with Crippen molar-refractivity contribution in [2.45, 2.75) is 26.8 Å². The first kappa shape index (κ1) is 10.8. The molecule has 0 spiro atoms. The zero-order chi connectivity index (χ0) is 11.5. The van der Waals surface area contributed by atoms with Crippen LogP contribution >= 0.6 is 0 Å². The minimum Gasteiger partial charge on any atom is -0.334 e. The number of hydrogen-bond acceptors (Lipinski definition) is 3. The molecule has 1 aliphatic rings. The largest absolute Gasteiger partial charge is 0.334 e. The first-order valence-electron chi connectivity index (χ1n) is 5.38. The molecule has 1 aromatic rings. The van der Waals surface area contributed by atoms with Crippen LogP contribution < -0.4 is 0 Å². The molecule has 2 rings (SSSR count). The monoisotopic (exact) mass is 217 g/mol. The summed E-state index contributed by atoms with van der Waals surface area (Å²) in [7, 11) is 0. The second-order valence-corrected chi connectivity index (χ2v) is 4.23. The van der Waals surface area contributed by atoms with Crippen LogP contribution in [0.2, 0.25) is 0 Å². The number of amides is 1. The van der Waals surface area contributed by atoms with E-state index in [9.17, 15) is 4.79 Å². The second-order valence-electron chi connectivity index (χ2n) is 4.23. The van der Waals surface area contributed by atoms with E-state index in [0.717, 1.165) is 29.8 Å². The summed E-state index contributed by atoms with van der Waals surface area (Å²) >= 11 is 0. The van der Waals surface area contributed by atoms with E-state index >= 15 is 0 Å². The highest BCUT2D eigenvalue weighted by atomic mass is 16.2. The fraction of sp³-hybridized carbons (Fsp3) is 0.417. The van der Waals surface area contributed by atoms with E-state index in [1.807, 2.05) is 18.7 Å². The van der Waals surface area contributed by atoms with Gasteiger partial charge in [0.25, 0.3) is 0 Å². The van der Waals surface area contributed by atoms with Crippen molar-refractivity contribution >= 4 is 5.91 Å². The number of rotatable bonds is 1. The number of nitrogens with zero attached hydrogens (tertiary/aromatic N) is 3. The zero-order valence-corrected chi connectivity index (χ0v) is 9.60. The van der Waals surface area contributed by atoms with E-state index in [0.29, 0.717) is 6.54 Å². The molecule has 0 aliphatic carbocycles. The minimum atomic E-state index is 0.0782. The Labute approximate surface area is 95.0 Å². The molecule has 84 valence electrons. The van der Waals surface area contributed by atoms with Crippen LogP contribution in [0.4, 0.5) is 0 Å². The Morgan fingerprint density at radius 1 is 1.50 bits per heavy atom. The molecule has 0 unspecified atom stereocenters. The lowest BCUT2D eigenvalue weighted by Crippen LogP contribution is -2.35. The van der Waals surface area contributed by atoms with Crippen molar-refractivity contribution in [2.75, 3.05) is 6.54 Å². The van der Waals surface area contributed by atoms with Crippen LogP contribution in [-0.2, 0) is 17.8 Å². The predicted octanol–water partition coefficient (Wildman–Crippen LogP) is 1.33. The van der Waals surface area contributed by atoms with Crippen LogP contribution in [0.1, 0.15) is 25.1 Å². The van der Waals surface area contributed by atoms with Crippen LogP contribution in [0.5, 0.6) is 0 Å². The van der Waals surface area contributed by atoms with Crippen molar-refractivity contribution in [1.82, 2.24) is 14.9 Å². The Morgan fingerprint density at radius 3 is 3.06 bits per heavy atom. The van der Waals surface area contributed by atoms with Crippen molar-refractivity contribution in [3.05, 3.63) is 35.4 Å². The lowest BCUT2D eigenvalue weighted by atomic mass is 10.1. The molecule has 0 atom stereocenters.